The Bertz CT molecular complexity index is 1940. The molecule has 1 aliphatic heterocycles. The van der Waals surface area contributed by atoms with Gasteiger partial charge in [-0.15, -0.1) is 0 Å². The van der Waals surface area contributed by atoms with E-state index in [0.717, 1.165) is 186 Å². The van der Waals surface area contributed by atoms with E-state index < -0.39 is 67.3 Å². The van der Waals surface area contributed by atoms with E-state index in [9.17, 15) is 34.5 Å². The van der Waals surface area contributed by atoms with Gasteiger partial charge in [0.1, 0.15) is 18.8 Å². The van der Waals surface area contributed by atoms with E-state index in [1.807, 2.05) is 0 Å². The lowest BCUT2D eigenvalue weighted by Gasteiger charge is -2.40. The van der Waals surface area contributed by atoms with Crippen molar-refractivity contribution in [3.8, 4) is 0 Å². The van der Waals surface area contributed by atoms with E-state index in [2.05, 4.69) is 142 Å². The minimum absolute atomic E-state index is 0.0376. The minimum Gasteiger partial charge on any atom is -0.479 e. The highest BCUT2D eigenvalue weighted by molar-refractivity contribution is 5.74. The number of rotatable bonds is 56. The van der Waals surface area contributed by atoms with E-state index in [1.165, 1.54) is 19.3 Å². The molecule has 1 heterocycles. The van der Waals surface area contributed by atoms with Crippen molar-refractivity contribution in [2.75, 3.05) is 13.2 Å². The number of carboxylic acid groups (broad SMARTS) is 1. The Labute approximate surface area is 516 Å². The topological polar surface area (TPSA) is 175 Å². The first-order chi connectivity index (χ1) is 41.6. The third-order valence-electron chi connectivity index (χ3n) is 14.5. The van der Waals surface area contributed by atoms with Crippen LogP contribution in [0.3, 0.4) is 0 Å². The van der Waals surface area contributed by atoms with Gasteiger partial charge in [0.15, 0.2) is 24.6 Å². The van der Waals surface area contributed by atoms with Gasteiger partial charge in [-0.3, -0.25) is 14.4 Å². The molecule has 12 heteroatoms. The third-order valence-corrected chi connectivity index (χ3v) is 14.5. The van der Waals surface area contributed by atoms with Gasteiger partial charge >= 0.3 is 23.9 Å². The summed E-state index contributed by atoms with van der Waals surface area (Å²) in [6, 6.07) is 0. The van der Waals surface area contributed by atoms with Gasteiger partial charge in [-0.2, -0.15) is 0 Å². The Kier molecular flexibility index (Phi) is 54.6. The zero-order valence-corrected chi connectivity index (χ0v) is 53.3. The number of carbonyl (C=O) groups is 4. The van der Waals surface area contributed by atoms with Gasteiger partial charge in [0.2, 0.25) is 0 Å². The summed E-state index contributed by atoms with van der Waals surface area (Å²) in [5, 5.41) is 31.6. The largest absolute Gasteiger partial charge is 0.479 e. The van der Waals surface area contributed by atoms with Crippen LogP contribution < -0.4 is 0 Å². The van der Waals surface area contributed by atoms with Gasteiger partial charge in [-0.1, -0.05) is 239 Å². The summed E-state index contributed by atoms with van der Waals surface area (Å²) in [4.78, 5) is 51.4. The second-order valence-electron chi connectivity index (χ2n) is 22.3. The SMILES string of the molecule is CC/C=C\C/C=C\C/C=C\C/C=C\CCCCCCCCC(=O)OCC(COC1OC(C(=O)O)C(O)C(O)C1OC(=O)CCCCCCCC/C=C\C/C=C\C/C=C\CCCCC)OC(=O)CCCCCCCCC/C=C\C/C=C\C/C=C\CC. The highest BCUT2D eigenvalue weighted by Gasteiger charge is 2.50. The highest BCUT2D eigenvalue weighted by atomic mass is 16.7. The fraction of sp³-hybridized carbons (Fsp3) is 0.671. The molecular formula is C73H118O12. The van der Waals surface area contributed by atoms with Crippen molar-refractivity contribution in [3.05, 3.63) is 122 Å². The number of hydrogen-bond acceptors (Lipinski definition) is 11. The molecule has 482 valence electrons. The number of hydrogen-bond donors (Lipinski definition) is 3. The molecule has 0 radical (unpaired) electrons. The van der Waals surface area contributed by atoms with Crippen LogP contribution in [0.1, 0.15) is 265 Å². The van der Waals surface area contributed by atoms with Gasteiger partial charge < -0.3 is 39.0 Å². The summed E-state index contributed by atoms with van der Waals surface area (Å²) < 4.78 is 28.6. The monoisotopic (exact) mass is 1190 g/mol. The van der Waals surface area contributed by atoms with Crippen LogP contribution in [0, 0.1) is 0 Å². The smallest absolute Gasteiger partial charge is 0.335 e. The maximum atomic E-state index is 13.2. The average Bonchev–Trinajstić information content (AvgIpc) is 3.51. The number of carbonyl (C=O) groups excluding carboxylic acids is 3. The number of esters is 3. The summed E-state index contributed by atoms with van der Waals surface area (Å²) >= 11 is 0. The zero-order valence-electron chi connectivity index (χ0n) is 53.3. The van der Waals surface area contributed by atoms with Crippen molar-refractivity contribution >= 4 is 23.9 Å². The number of aliphatic hydroxyl groups is 2. The second-order valence-corrected chi connectivity index (χ2v) is 22.3. The number of carboxylic acids is 1. The Balaban J connectivity index is 2.68. The lowest BCUT2D eigenvalue weighted by Crippen LogP contribution is -2.61. The quantitative estimate of drug-likeness (QED) is 0.0228. The predicted molar refractivity (Wildman–Crippen MR) is 349 cm³/mol. The Hall–Kier alpha value is -4.88. The predicted octanol–water partition coefficient (Wildman–Crippen LogP) is 18.3. The fourth-order valence-corrected chi connectivity index (χ4v) is 9.44. The van der Waals surface area contributed by atoms with Crippen LogP contribution >= 0.6 is 0 Å². The molecule has 6 atom stereocenters. The van der Waals surface area contributed by atoms with Crippen LogP contribution in [-0.2, 0) is 42.9 Å². The van der Waals surface area contributed by atoms with Crippen LogP contribution in [-0.4, -0.2) is 89.2 Å². The van der Waals surface area contributed by atoms with Crippen molar-refractivity contribution in [1.29, 1.82) is 0 Å². The fourth-order valence-electron chi connectivity index (χ4n) is 9.44. The first-order valence-electron chi connectivity index (χ1n) is 33.5. The maximum absolute atomic E-state index is 13.2. The van der Waals surface area contributed by atoms with Gasteiger partial charge in [-0.05, 0) is 128 Å². The number of aliphatic hydroxyl groups excluding tert-OH is 2. The van der Waals surface area contributed by atoms with Crippen LogP contribution in [0.4, 0.5) is 0 Å². The first-order valence-corrected chi connectivity index (χ1v) is 33.5. The molecule has 0 saturated carbocycles. The second kappa shape index (κ2) is 59.5. The Morgan fingerprint density at radius 3 is 1.13 bits per heavy atom. The molecular weight excluding hydrogens is 1070 g/mol. The molecule has 1 rings (SSSR count). The molecule has 1 fully saturated rings. The van der Waals surface area contributed by atoms with Crippen molar-refractivity contribution in [1.82, 2.24) is 0 Å². The molecule has 1 aliphatic rings. The Morgan fingerprint density at radius 2 is 0.741 bits per heavy atom. The van der Waals surface area contributed by atoms with E-state index in [0.29, 0.717) is 19.3 Å². The summed E-state index contributed by atoms with van der Waals surface area (Å²) in [6.45, 7) is 5.74. The number of unbranched alkanes of at least 4 members (excludes halogenated alkanes) is 22. The molecule has 0 aliphatic carbocycles. The van der Waals surface area contributed by atoms with Gasteiger partial charge in [0.25, 0.3) is 0 Å². The van der Waals surface area contributed by atoms with Crippen molar-refractivity contribution < 1.29 is 58.2 Å². The molecule has 12 nitrogen and oxygen atoms in total. The van der Waals surface area contributed by atoms with E-state index in [4.69, 9.17) is 23.7 Å². The molecule has 0 amide bonds. The van der Waals surface area contributed by atoms with Crippen molar-refractivity contribution in [3.63, 3.8) is 0 Å². The van der Waals surface area contributed by atoms with E-state index in [1.54, 1.807) is 0 Å². The molecule has 0 spiro atoms. The highest BCUT2D eigenvalue weighted by Crippen LogP contribution is 2.26. The minimum atomic E-state index is -1.92. The van der Waals surface area contributed by atoms with Gasteiger partial charge in [0, 0.05) is 19.3 Å². The molecule has 0 aromatic heterocycles. The van der Waals surface area contributed by atoms with Crippen LogP contribution in [0.25, 0.3) is 0 Å². The molecule has 6 unspecified atom stereocenters. The van der Waals surface area contributed by atoms with E-state index >= 15 is 0 Å². The summed E-state index contributed by atoms with van der Waals surface area (Å²) in [5.74, 6) is -3.17. The molecule has 0 aromatic rings. The maximum Gasteiger partial charge on any atom is 0.335 e. The molecule has 0 bridgehead atoms. The zero-order chi connectivity index (χ0) is 61.7. The van der Waals surface area contributed by atoms with Gasteiger partial charge in [0.05, 0.1) is 6.61 Å². The molecule has 85 heavy (non-hydrogen) atoms. The third kappa shape index (κ3) is 48.9. The number of ether oxygens (including phenoxy) is 5. The van der Waals surface area contributed by atoms with Crippen LogP contribution in [0.5, 0.6) is 0 Å². The summed E-state index contributed by atoms with van der Waals surface area (Å²) in [7, 11) is 0. The number of allylic oxidation sites excluding steroid dienone is 20. The van der Waals surface area contributed by atoms with Crippen molar-refractivity contribution in [2.45, 2.75) is 302 Å². The number of aliphatic carboxylic acids is 1. The van der Waals surface area contributed by atoms with Crippen molar-refractivity contribution in [2.24, 2.45) is 0 Å². The molecule has 1 saturated heterocycles. The van der Waals surface area contributed by atoms with Gasteiger partial charge in [-0.25, -0.2) is 4.79 Å². The Morgan fingerprint density at radius 1 is 0.400 bits per heavy atom. The van der Waals surface area contributed by atoms with Crippen LogP contribution in [0.15, 0.2) is 122 Å². The first kappa shape index (κ1) is 78.1. The summed E-state index contributed by atoms with van der Waals surface area (Å²) in [5.41, 5.74) is 0. The lowest BCUT2D eigenvalue weighted by molar-refractivity contribution is -0.301. The normalized spacial score (nSPS) is 18.2. The standard InChI is InChI=1S/C73H118O12/c1-4-7-10-13-16-19-22-25-28-31-33-36-38-41-44-47-50-53-56-59-65(74)81-62-64(83-66(75)60-57-54-51-48-45-42-39-35-30-27-24-21-18-15-12-9-6-3)63-82-73-71(69(78)68(77)70(85-73)72(79)80)84-67(76)61-58-55-52-49-46-43-40-37-34-32-29-26-23-20-17-14-11-8-5-2/h7,9-10,12,16-21,25-30,33-34,36-37,64,68-71,73,77-78H,4-6,8,11,13-15,22-24,31-32,35,38-63H2,1-3H3,(H,79,80)/b10-7-,12-9-,19-16-,20-17-,21-18-,28-25-,29-26-,30-27-,36-33-,37-34-. The average molecular weight is 1190 g/mol. The van der Waals surface area contributed by atoms with Crippen LogP contribution in [0.2, 0.25) is 0 Å². The molecule has 0 aromatic carbocycles. The summed E-state index contributed by atoms with van der Waals surface area (Å²) in [6.07, 6.45) is 70.0. The van der Waals surface area contributed by atoms with E-state index in [-0.39, 0.29) is 25.9 Å². The lowest BCUT2D eigenvalue weighted by atomic mass is 9.98. The molecule has 3 N–H and O–H groups in total.